The van der Waals surface area contributed by atoms with E-state index >= 15 is 0 Å². The van der Waals surface area contributed by atoms with Crippen LogP contribution in [-0.2, 0) is 11.3 Å². The molecule has 1 aromatic carbocycles. The smallest absolute Gasteiger partial charge is 0.277 e. The maximum atomic E-state index is 13.6. The van der Waals surface area contributed by atoms with Crippen molar-refractivity contribution in [3.05, 3.63) is 65.2 Å². The van der Waals surface area contributed by atoms with Crippen LogP contribution in [0.1, 0.15) is 16.2 Å². The SMILES string of the molecule is O=C(Nc1nc(CN2CCOCC2)cs1)c1cnc2ccc(-c3cccc(F)c3)nn12. The highest BCUT2D eigenvalue weighted by Crippen LogP contribution is 2.21. The summed E-state index contributed by atoms with van der Waals surface area (Å²) in [5.41, 5.74) is 2.87. The second kappa shape index (κ2) is 8.50. The minimum absolute atomic E-state index is 0.276. The molecule has 0 atom stereocenters. The molecule has 1 aliphatic rings. The molecule has 1 fully saturated rings. The summed E-state index contributed by atoms with van der Waals surface area (Å²) in [5.74, 6) is -0.705. The number of rotatable bonds is 5. The molecular formula is C21H19FN6O2S. The predicted molar refractivity (Wildman–Crippen MR) is 115 cm³/mol. The minimum atomic E-state index is -0.358. The van der Waals surface area contributed by atoms with Gasteiger partial charge in [-0.2, -0.15) is 5.10 Å². The number of ether oxygens (including phenoxy) is 1. The van der Waals surface area contributed by atoms with E-state index in [4.69, 9.17) is 4.74 Å². The molecule has 31 heavy (non-hydrogen) atoms. The van der Waals surface area contributed by atoms with Crippen molar-refractivity contribution >= 4 is 28.0 Å². The lowest BCUT2D eigenvalue weighted by Gasteiger charge is -2.25. The number of halogens is 1. The molecule has 4 heterocycles. The van der Waals surface area contributed by atoms with E-state index in [9.17, 15) is 9.18 Å². The number of morpholine rings is 1. The van der Waals surface area contributed by atoms with Gasteiger partial charge in [0.2, 0.25) is 0 Å². The summed E-state index contributed by atoms with van der Waals surface area (Å²) >= 11 is 1.38. The average Bonchev–Trinajstić information content (AvgIpc) is 3.40. The van der Waals surface area contributed by atoms with E-state index < -0.39 is 0 Å². The molecular weight excluding hydrogens is 419 g/mol. The van der Waals surface area contributed by atoms with Gasteiger partial charge in [0, 0.05) is 30.6 Å². The van der Waals surface area contributed by atoms with E-state index in [-0.39, 0.29) is 17.4 Å². The first-order valence-electron chi connectivity index (χ1n) is 9.82. The van der Waals surface area contributed by atoms with E-state index in [1.807, 2.05) is 5.38 Å². The quantitative estimate of drug-likeness (QED) is 0.516. The molecule has 0 unspecified atom stereocenters. The van der Waals surface area contributed by atoms with Crippen molar-refractivity contribution in [3.8, 4) is 11.3 Å². The van der Waals surface area contributed by atoms with E-state index in [0.29, 0.717) is 22.0 Å². The number of carbonyl (C=O) groups excluding carboxylic acids is 1. The molecule has 0 radical (unpaired) electrons. The van der Waals surface area contributed by atoms with Crippen molar-refractivity contribution in [2.45, 2.75) is 6.54 Å². The topological polar surface area (TPSA) is 84.7 Å². The third-order valence-corrected chi connectivity index (χ3v) is 5.78. The lowest BCUT2D eigenvalue weighted by Crippen LogP contribution is -2.35. The highest BCUT2D eigenvalue weighted by molar-refractivity contribution is 7.13. The average molecular weight is 438 g/mol. The third-order valence-electron chi connectivity index (χ3n) is 4.98. The summed E-state index contributed by atoms with van der Waals surface area (Å²) in [6.07, 6.45) is 1.47. The Hall–Kier alpha value is -3.21. The number of aromatic nitrogens is 4. The molecule has 8 nitrogen and oxygen atoms in total. The van der Waals surface area contributed by atoms with Gasteiger partial charge in [0.05, 0.1) is 30.8 Å². The Balaban J connectivity index is 1.34. The zero-order valence-corrected chi connectivity index (χ0v) is 17.3. The molecule has 5 rings (SSSR count). The third kappa shape index (κ3) is 4.31. The van der Waals surface area contributed by atoms with Crippen LogP contribution in [0.15, 0.2) is 48.0 Å². The van der Waals surface area contributed by atoms with Gasteiger partial charge >= 0.3 is 0 Å². The number of nitrogens with zero attached hydrogens (tertiary/aromatic N) is 5. The molecule has 158 valence electrons. The van der Waals surface area contributed by atoms with Gasteiger partial charge in [-0.15, -0.1) is 11.3 Å². The van der Waals surface area contributed by atoms with Crippen LogP contribution in [0, 0.1) is 5.82 Å². The number of nitrogens with one attached hydrogen (secondary N) is 1. The minimum Gasteiger partial charge on any atom is -0.379 e. The molecule has 10 heteroatoms. The van der Waals surface area contributed by atoms with Crippen molar-refractivity contribution in [3.63, 3.8) is 0 Å². The standard InChI is InChI=1S/C21H19FN6O2S/c22-15-3-1-2-14(10-15)17-4-5-19-23-11-18(28(19)26-17)20(29)25-21-24-16(13-31-21)12-27-6-8-30-9-7-27/h1-5,10-11,13H,6-9,12H2,(H,24,25,29). The van der Waals surface area contributed by atoms with Gasteiger partial charge in [0.15, 0.2) is 16.5 Å². The molecule has 1 aliphatic heterocycles. The fourth-order valence-electron chi connectivity index (χ4n) is 3.42. The summed E-state index contributed by atoms with van der Waals surface area (Å²) in [6.45, 7) is 3.93. The van der Waals surface area contributed by atoms with Crippen LogP contribution in [0.4, 0.5) is 9.52 Å². The van der Waals surface area contributed by atoms with E-state index in [1.54, 1.807) is 24.3 Å². The van der Waals surface area contributed by atoms with Gasteiger partial charge in [0.1, 0.15) is 5.82 Å². The number of imidazole rings is 1. The predicted octanol–water partition coefficient (Wildman–Crippen LogP) is 3.08. The molecule has 4 aromatic rings. The summed E-state index contributed by atoms with van der Waals surface area (Å²) < 4.78 is 20.4. The van der Waals surface area contributed by atoms with E-state index in [2.05, 4.69) is 25.3 Å². The zero-order valence-electron chi connectivity index (χ0n) is 16.5. The van der Waals surface area contributed by atoms with Crippen LogP contribution in [0.2, 0.25) is 0 Å². The largest absolute Gasteiger partial charge is 0.379 e. The van der Waals surface area contributed by atoms with E-state index in [1.165, 1.54) is 34.2 Å². The maximum absolute atomic E-state index is 13.6. The molecule has 3 aromatic heterocycles. The summed E-state index contributed by atoms with van der Waals surface area (Å²) in [4.78, 5) is 23.9. The van der Waals surface area contributed by atoms with Crippen LogP contribution in [0.5, 0.6) is 0 Å². The Labute approximate surface area is 181 Å². The number of fused-ring (bicyclic) bond motifs is 1. The highest BCUT2D eigenvalue weighted by atomic mass is 32.1. The normalized spacial score (nSPS) is 14.7. The summed E-state index contributed by atoms with van der Waals surface area (Å²) in [7, 11) is 0. The van der Waals surface area contributed by atoms with Crippen LogP contribution in [-0.4, -0.2) is 56.7 Å². The lowest BCUT2D eigenvalue weighted by atomic mass is 10.1. The zero-order chi connectivity index (χ0) is 21.2. The molecule has 0 saturated carbocycles. The van der Waals surface area contributed by atoms with Crippen LogP contribution in [0.3, 0.4) is 0 Å². The first kappa shape index (κ1) is 19.7. The highest BCUT2D eigenvalue weighted by Gasteiger charge is 2.17. The molecule has 1 saturated heterocycles. The molecule has 1 amide bonds. The fourth-order valence-corrected chi connectivity index (χ4v) is 4.11. The second-order valence-corrected chi connectivity index (χ2v) is 7.99. The lowest BCUT2D eigenvalue weighted by molar-refractivity contribution is 0.0337. The molecule has 1 N–H and O–H groups in total. The van der Waals surface area contributed by atoms with Crippen molar-refractivity contribution in [1.82, 2.24) is 24.5 Å². The summed E-state index contributed by atoms with van der Waals surface area (Å²) in [6, 6.07) is 9.65. The maximum Gasteiger partial charge on any atom is 0.277 e. The van der Waals surface area contributed by atoms with Crippen molar-refractivity contribution < 1.29 is 13.9 Å². The number of amides is 1. The summed E-state index contributed by atoms with van der Waals surface area (Å²) in [5, 5.41) is 9.77. The van der Waals surface area contributed by atoms with Gasteiger partial charge in [0.25, 0.3) is 5.91 Å². The fraction of sp³-hybridized carbons (Fsp3) is 0.238. The van der Waals surface area contributed by atoms with Gasteiger partial charge < -0.3 is 4.74 Å². The number of hydrogen-bond donors (Lipinski definition) is 1. The number of carbonyl (C=O) groups is 1. The molecule has 0 bridgehead atoms. The first-order valence-corrected chi connectivity index (χ1v) is 10.7. The Bertz CT molecular complexity index is 1230. The van der Waals surface area contributed by atoms with Crippen LogP contribution < -0.4 is 5.32 Å². The van der Waals surface area contributed by atoms with E-state index in [0.717, 1.165) is 38.5 Å². The number of benzene rings is 1. The van der Waals surface area contributed by atoms with Gasteiger partial charge in [-0.05, 0) is 24.3 Å². The Morgan fingerprint density at radius 2 is 2.10 bits per heavy atom. The molecule has 0 aliphatic carbocycles. The van der Waals surface area contributed by atoms with Crippen molar-refractivity contribution in [2.75, 3.05) is 31.6 Å². The van der Waals surface area contributed by atoms with Crippen LogP contribution >= 0.6 is 11.3 Å². The van der Waals surface area contributed by atoms with Gasteiger partial charge in [-0.3, -0.25) is 15.0 Å². The van der Waals surface area contributed by atoms with Gasteiger partial charge in [-0.1, -0.05) is 12.1 Å². The van der Waals surface area contributed by atoms with Crippen LogP contribution in [0.25, 0.3) is 16.9 Å². The number of anilines is 1. The Morgan fingerprint density at radius 3 is 2.94 bits per heavy atom. The second-order valence-electron chi connectivity index (χ2n) is 7.13. The Morgan fingerprint density at radius 1 is 1.23 bits per heavy atom. The molecule has 0 spiro atoms. The first-order chi connectivity index (χ1) is 15.2. The van der Waals surface area contributed by atoms with Crippen molar-refractivity contribution in [2.24, 2.45) is 0 Å². The van der Waals surface area contributed by atoms with Gasteiger partial charge in [-0.25, -0.2) is 18.9 Å². The number of thiazole rings is 1. The Kier molecular flexibility index (Phi) is 5.41. The van der Waals surface area contributed by atoms with Crippen molar-refractivity contribution in [1.29, 1.82) is 0 Å². The number of hydrogen-bond acceptors (Lipinski definition) is 7. The monoisotopic (exact) mass is 438 g/mol.